The first-order valence-electron chi connectivity index (χ1n) is 2.97. The highest BCUT2D eigenvalue weighted by Crippen LogP contribution is 1.69. The summed E-state index contributed by atoms with van der Waals surface area (Å²) in [6, 6.07) is -0.672. The molecule has 0 aromatic carbocycles. The van der Waals surface area contributed by atoms with Crippen LogP contribution in [0.4, 0.5) is 4.79 Å². The summed E-state index contributed by atoms with van der Waals surface area (Å²) in [7, 11) is 0. The summed E-state index contributed by atoms with van der Waals surface area (Å²) in [5, 5.41) is 10.3. The molecule has 3 N–H and O–H groups in total. The Morgan fingerprint density at radius 1 is 1.58 bits per heavy atom. The number of urea groups is 1. The Bertz CT molecular complexity index is 208. The standard InChI is InChI=1S/C6H8N2O4/c1-2-3-7-6(11)8-12-4-5(9)10/h1H,3-4H2,(H,9,10)(H2,7,8,11). The van der Waals surface area contributed by atoms with E-state index in [1.807, 2.05) is 5.48 Å². The second-order valence-corrected chi connectivity index (χ2v) is 1.67. The van der Waals surface area contributed by atoms with E-state index in [2.05, 4.69) is 16.1 Å². The third kappa shape index (κ3) is 6.38. The normalized spacial score (nSPS) is 8.25. The van der Waals surface area contributed by atoms with E-state index >= 15 is 0 Å². The van der Waals surface area contributed by atoms with E-state index in [-0.39, 0.29) is 6.54 Å². The molecule has 0 aromatic rings. The van der Waals surface area contributed by atoms with Gasteiger partial charge in [-0.3, -0.25) is 4.84 Å². The number of hydrogen-bond acceptors (Lipinski definition) is 3. The van der Waals surface area contributed by atoms with Gasteiger partial charge < -0.3 is 10.4 Å². The summed E-state index contributed by atoms with van der Waals surface area (Å²) < 4.78 is 0. The van der Waals surface area contributed by atoms with Crippen LogP contribution in [0, 0.1) is 12.3 Å². The molecule has 0 aliphatic rings. The highest BCUT2D eigenvalue weighted by atomic mass is 16.7. The molecule has 0 spiro atoms. The van der Waals surface area contributed by atoms with Crippen LogP contribution in [-0.2, 0) is 9.63 Å². The number of hydroxylamine groups is 1. The molecule has 2 amide bonds. The lowest BCUT2D eigenvalue weighted by molar-refractivity contribution is -0.144. The summed E-state index contributed by atoms with van der Waals surface area (Å²) >= 11 is 0. The molecule has 0 saturated heterocycles. The van der Waals surface area contributed by atoms with Gasteiger partial charge in [0.05, 0.1) is 6.54 Å². The van der Waals surface area contributed by atoms with Crippen molar-refractivity contribution in [1.29, 1.82) is 0 Å². The largest absolute Gasteiger partial charge is 0.479 e. The maximum absolute atomic E-state index is 10.5. The average molecular weight is 172 g/mol. The topological polar surface area (TPSA) is 87.7 Å². The van der Waals surface area contributed by atoms with Gasteiger partial charge in [0.1, 0.15) is 0 Å². The van der Waals surface area contributed by atoms with E-state index in [1.165, 1.54) is 0 Å². The second kappa shape index (κ2) is 6.00. The number of aliphatic carboxylic acids is 1. The fraction of sp³-hybridized carbons (Fsp3) is 0.333. The zero-order chi connectivity index (χ0) is 9.40. The van der Waals surface area contributed by atoms with Crippen molar-refractivity contribution in [3.8, 4) is 12.3 Å². The van der Waals surface area contributed by atoms with Crippen molar-refractivity contribution in [2.45, 2.75) is 0 Å². The molecule has 6 nitrogen and oxygen atoms in total. The number of amides is 2. The van der Waals surface area contributed by atoms with Crippen molar-refractivity contribution in [2.24, 2.45) is 0 Å². The van der Waals surface area contributed by atoms with Gasteiger partial charge >= 0.3 is 12.0 Å². The molecule has 0 bridgehead atoms. The minimum atomic E-state index is -1.17. The Hall–Kier alpha value is -1.74. The number of rotatable bonds is 4. The van der Waals surface area contributed by atoms with Gasteiger partial charge in [0.15, 0.2) is 6.61 Å². The van der Waals surface area contributed by atoms with Crippen molar-refractivity contribution >= 4 is 12.0 Å². The molecular formula is C6H8N2O4. The van der Waals surface area contributed by atoms with Gasteiger partial charge in [0.25, 0.3) is 0 Å². The van der Waals surface area contributed by atoms with Crippen LogP contribution in [0.1, 0.15) is 0 Å². The highest BCUT2D eigenvalue weighted by molar-refractivity contribution is 5.73. The van der Waals surface area contributed by atoms with E-state index < -0.39 is 18.6 Å². The Labute approximate surface area is 68.8 Å². The summed E-state index contributed by atoms with van der Waals surface area (Å²) in [5.41, 5.74) is 1.82. The summed E-state index contributed by atoms with van der Waals surface area (Å²) in [5.74, 6) is 0.980. The number of carboxylic acids is 1. The minimum absolute atomic E-state index is 0.0578. The first-order chi connectivity index (χ1) is 5.66. The lowest BCUT2D eigenvalue weighted by Gasteiger charge is -2.02. The van der Waals surface area contributed by atoms with Crippen LogP contribution in [0.2, 0.25) is 0 Å². The average Bonchev–Trinajstić information content (AvgIpc) is 2.00. The molecule has 0 fully saturated rings. The van der Waals surface area contributed by atoms with Gasteiger partial charge in [0.2, 0.25) is 0 Å². The molecule has 66 valence electrons. The number of carbonyl (C=O) groups is 2. The van der Waals surface area contributed by atoms with Crippen LogP contribution in [0.3, 0.4) is 0 Å². The Morgan fingerprint density at radius 2 is 2.25 bits per heavy atom. The fourth-order valence-electron chi connectivity index (χ4n) is 0.331. The van der Waals surface area contributed by atoms with E-state index in [0.717, 1.165) is 0 Å². The Balaban J connectivity index is 3.33. The molecule has 6 heteroatoms. The molecule has 0 rings (SSSR count). The van der Waals surface area contributed by atoms with Crippen LogP contribution in [-0.4, -0.2) is 30.3 Å². The number of hydrogen-bond donors (Lipinski definition) is 3. The number of carbonyl (C=O) groups excluding carboxylic acids is 1. The van der Waals surface area contributed by atoms with Crippen LogP contribution in [0.15, 0.2) is 0 Å². The zero-order valence-corrected chi connectivity index (χ0v) is 6.16. The quantitative estimate of drug-likeness (QED) is 0.372. The molecule has 0 saturated carbocycles. The van der Waals surface area contributed by atoms with Gasteiger partial charge in [-0.2, -0.15) is 0 Å². The highest BCUT2D eigenvalue weighted by Gasteiger charge is 1.99. The SMILES string of the molecule is C#CCNC(=O)NOCC(=O)O. The number of terminal acetylenes is 1. The lowest BCUT2D eigenvalue weighted by Crippen LogP contribution is -2.36. The summed E-state index contributed by atoms with van der Waals surface area (Å²) in [4.78, 5) is 24.6. The van der Waals surface area contributed by atoms with Gasteiger partial charge in [-0.25, -0.2) is 15.1 Å². The van der Waals surface area contributed by atoms with Crippen LogP contribution in [0.25, 0.3) is 0 Å². The smallest absolute Gasteiger partial charge is 0.339 e. The molecule has 12 heavy (non-hydrogen) atoms. The van der Waals surface area contributed by atoms with Gasteiger partial charge in [-0.15, -0.1) is 6.42 Å². The molecular weight excluding hydrogens is 164 g/mol. The van der Waals surface area contributed by atoms with Crippen molar-refractivity contribution < 1.29 is 19.5 Å². The molecule has 0 aliphatic heterocycles. The minimum Gasteiger partial charge on any atom is -0.479 e. The predicted molar refractivity (Wildman–Crippen MR) is 39.0 cm³/mol. The monoisotopic (exact) mass is 172 g/mol. The maximum atomic E-state index is 10.5. The van der Waals surface area contributed by atoms with Gasteiger partial charge in [-0.1, -0.05) is 5.92 Å². The maximum Gasteiger partial charge on any atom is 0.339 e. The second-order valence-electron chi connectivity index (χ2n) is 1.67. The fourth-order valence-corrected chi connectivity index (χ4v) is 0.331. The number of carboxylic acid groups (broad SMARTS) is 1. The summed E-state index contributed by atoms with van der Waals surface area (Å²) in [6.07, 6.45) is 4.83. The molecule has 0 aliphatic carbocycles. The first kappa shape index (κ1) is 10.3. The van der Waals surface area contributed by atoms with Crippen molar-refractivity contribution in [2.75, 3.05) is 13.2 Å². The van der Waals surface area contributed by atoms with Crippen molar-refractivity contribution in [3.05, 3.63) is 0 Å². The molecule has 0 heterocycles. The van der Waals surface area contributed by atoms with Crippen LogP contribution in [0.5, 0.6) is 0 Å². The van der Waals surface area contributed by atoms with Crippen molar-refractivity contribution in [3.63, 3.8) is 0 Å². The molecule has 0 radical (unpaired) electrons. The summed E-state index contributed by atoms with van der Waals surface area (Å²) in [6.45, 7) is -0.536. The molecule has 0 unspecified atom stereocenters. The first-order valence-corrected chi connectivity index (χ1v) is 2.97. The van der Waals surface area contributed by atoms with E-state index in [4.69, 9.17) is 11.5 Å². The van der Waals surface area contributed by atoms with E-state index in [1.54, 1.807) is 0 Å². The Kier molecular flexibility index (Phi) is 5.13. The van der Waals surface area contributed by atoms with Crippen molar-refractivity contribution in [1.82, 2.24) is 10.8 Å². The third-order valence-electron chi connectivity index (χ3n) is 0.712. The molecule has 0 atom stereocenters. The van der Waals surface area contributed by atoms with Gasteiger partial charge in [-0.05, 0) is 0 Å². The van der Waals surface area contributed by atoms with Crippen LogP contribution < -0.4 is 10.8 Å². The molecule has 0 aromatic heterocycles. The Morgan fingerprint density at radius 3 is 2.75 bits per heavy atom. The van der Waals surface area contributed by atoms with E-state index in [9.17, 15) is 9.59 Å². The number of nitrogens with one attached hydrogen (secondary N) is 2. The third-order valence-corrected chi connectivity index (χ3v) is 0.712. The predicted octanol–water partition coefficient (Wildman–Crippen LogP) is -1.06. The van der Waals surface area contributed by atoms with E-state index in [0.29, 0.717) is 0 Å². The van der Waals surface area contributed by atoms with Gasteiger partial charge in [0, 0.05) is 0 Å². The zero-order valence-electron chi connectivity index (χ0n) is 6.16. The van der Waals surface area contributed by atoms with Crippen LogP contribution >= 0.6 is 0 Å². The lowest BCUT2D eigenvalue weighted by atomic mass is 10.7.